The monoisotopic (exact) mass is 262 g/mol. The van der Waals surface area contributed by atoms with Crippen molar-refractivity contribution in [3.05, 3.63) is 36.5 Å². The fraction of sp³-hybridized carbons (Fsp3) is 0.400. The highest BCUT2D eigenvalue weighted by Crippen LogP contribution is 2.24. The van der Waals surface area contributed by atoms with Crippen LogP contribution in [0.1, 0.15) is 19.8 Å². The molecule has 0 saturated carbocycles. The van der Waals surface area contributed by atoms with Crippen molar-refractivity contribution in [2.24, 2.45) is 0 Å². The molecule has 1 aromatic heterocycles. The van der Waals surface area contributed by atoms with Crippen molar-refractivity contribution in [3.8, 4) is 0 Å². The zero-order valence-electron chi connectivity index (χ0n) is 10.8. The van der Waals surface area contributed by atoms with Gasteiger partial charge in [0, 0.05) is 30.6 Å². The number of alkyl halides is 1. The Hall–Kier alpha value is -1.28. The highest BCUT2D eigenvalue weighted by atomic mass is 35.5. The summed E-state index contributed by atoms with van der Waals surface area (Å²) in [6.45, 7) is 4.07. The van der Waals surface area contributed by atoms with Gasteiger partial charge in [0.25, 0.3) is 0 Å². The van der Waals surface area contributed by atoms with Gasteiger partial charge in [0.15, 0.2) is 0 Å². The molecule has 0 aliphatic heterocycles. The number of hydrogen-bond acceptors (Lipinski definition) is 2. The highest BCUT2D eigenvalue weighted by Gasteiger charge is 2.10. The third-order valence-corrected chi connectivity index (χ3v) is 3.26. The van der Waals surface area contributed by atoms with Crippen LogP contribution in [-0.4, -0.2) is 24.0 Å². The van der Waals surface area contributed by atoms with Crippen molar-refractivity contribution in [1.82, 2.24) is 4.98 Å². The number of halogens is 1. The van der Waals surface area contributed by atoms with Crippen LogP contribution in [0.5, 0.6) is 0 Å². The Morgan fingerprint density at radius 3 is 2.78 bits per heavy atom. The van der Waals surface area contributed by atoms with Crippen LogP contribution in [0.2, 0.25) is 0 Å². The third-order valence-electron chi connectivity index (χ3n) is 3.09. The van der Waals surface area contributed by atoms with Crippen LogP contribution in [0, 0.1) is 0 Å². The number of aromatic nitrogens is 1. The van der Waals surface area contributed by atoms with E-state index >= 15 is 0 Å². The maximum Gasteiger partial charge on any atom is 0.136 e. The van der Waals surface area contributed by atoms with E-state index in [2.05, 4.69) is 47.1 Å². The first kappa shape index (κ1) is 13.2. The van der Waals surface area contributed by atoms with E-state index in [1.807, 2.05) is 6.20 Å². The molecule has 0 aliphatic carbocycles. The lowest BCUT2D eigenvalue weighted by atomic mass is 10.1. The molecule has 3 heteroatoms. The molecule has 0 atom stereocenters. The normalized spacial score (nSPS) is 10.8. The molecule has 0 bridgehead atoms. The molecular formula is C15H19ClN2. The summed E-state index contributed by atoms with van der Waals surface area (Å²) in [5.41, 5.74) is 0. The van der Waals surface area contributed by atoms with Crippen molar-refractivity contribution in [2.45, 2.75) is 19.8 Å². The SMILES string of the molecule is CCCCN(CCCl)c1nccc2ccccc12. The largest absolute Gasteiger partial charge is 0.355 e. The van der Waals surface area contributed by atoms with Gasteiger partial charge in [-0.25, -0.2) is 4.98 Å². The Balaban J connectivity index is 2.36. The molecule has 1 aromatic carbocycles. The molecule has 1 heterocycles. The summed E-state index contributed by atoms with van der Waals surface area (Å²) in [7, 11) is 0. The minimum absolute atomic E-state index is 0.634. The van der Waals surface area contributed by atoms with Crippen molar-refractivity contribution in [2.75, 3.05) is 23.9 Å². The standard InChI is InChI=1S/C15H19ClN2/c1-2-3-11-18(12-9-16)15-14-7-5-4-6-13(14)8-10-17-15/h4-8,10H,2-3,9,11-12H2,1H3. The van der Waals surface area contributed by atoms with Crippen molar-refractivity contribution in [3.63, 3.8) is 0 Å². The maximum absolute atomic E-state index is 5.91. The van der Waals surface area contributed by atoms with E-state index < -0.39 is 0 Å². The van der Waals surface area contributed by atoms with E-state index in [0.717, 1.165) is 18.9 Å². The van der Waals surface area contributed by atoms with Gasteiger partial charge in [-0.05, 0) is 17.9 Å². The number of nitrogens with zero attached hydrogens (tertiary/aromatic N) is 2. The van der Waals surface area contributed by atoms with Gasteiger partial charge < -0.3 is 4.90 Å². The maximum atomic E-state index is 5.91. The number of anilines is 1. The average Bonchev–Trinajstić information content (AvgIpc) is 2.43. The van der Waals surface area contributed by atoms with Gasteiger partial charge >= 0.3 is 0 Å². The average molecular weight is 263 g/mol. The molecule has 0 amide bonds. The van der Waals surface area contributed by atoms with Crippen LogP contribution in [0.15, 0.2) is 36.5 Å². The molecule has 0 aliphatic rings. The lowest BCUT2D eigenvalue weighted by molar-refractivity contribution is 0.728. The van der Waals surface area contributed by atoms with E-state index in [0.29, 0.717) is 5.88 Å². The van der Waals surface area contributed by atoms with Gasteiger partial charge in [0.1, 0.15) is 5.82 Å². The molecule has 0 unspecified atom stereocenters. The molecule has 2 nitrogen and oxygen atoms in total. The zero-order valence-corrected chi connectivity index (χ0v) is 11.5. The molecule has 0 fully saturated rings. The molecule has 18 heavy (non-hydrogen) atoms. The van der Waals surface area contributed by atoms with E-state index in [1.165, 1.54) is 23.6 Å². The minimum atomic E-state index is 0.634. The molecule has 0 saturated heterocycles. The number of rotatable bonds is 6. The van der Waals surface area contributed by atoms with Crippen LogP contribution in [0.4, 0.5) is 5.82 Å². The minimum Gasteiger partial charge on any atom is -0.355 e. The van der Waals surface area contributed by atoms with Gasteiger partial charge in [-0.2, -0.15) is 0 Å². The van der Waals surface area contributed by atoms with E-state index in [9.17, 15) is 0 Å². The summed E-state index contributed by atoms with van der Waals surface area (Å²) in [5, 5.41) is 2.44. The third kappa shape index (κ3) is 2.94. The second-order valence-corrected chi connectivity index (χ2v) is 4.76. The smallest absolute Gasteiger partial charge is 0.136 e. The number of hydrogen-bond donors (Lipinski definition) is 0. The molecular weight excluding hydrogens is 244 g/mol. The predicted molar refractivity (Wildman–Crippen MR) is 79.6 cm³/mol. The number of unbranched alkanes of at least 4 members (excludes halogenated alkanes) is 1. The summed E-state index contributed by atoms with van der Waals surface area (Å²) >= 11 is 5.91. The summed E-state index contributed by atoms with van der Waals surface area (Å²) < 4.78 is 0. The Morgan fingerprint density at radius 2 is 2.00 bits per heavy atom. The number of pyridine rings is 1. The van der Waals surface area contributed by atoms with Gasteiger partial charge in [0.2, 0.25) is 0 Å². The van der Waals surface area contributed by atoms with E-state index in [-0.39, 0.29) is 0 Å². The van der Waals surface area contributed by atoms with Gasteiger partial charge in [0.05, 0.1) is 0 Å². The lowest BCUT2D eigenvalue weighted by Crippen LogP contribution is -2.27. The quantitative estimate of drug-likeness (QED) is 0.730. The molecule has 2 aromatic rings. The van der Waals surface area contributed by atoms with Crippen LogP contribution >= 0.6 is 11.6 Å². The lowest BCUT2D eigenvalue weighted by Gasteiger charge is -2.23. The van der Waals surface area contributed by atoms with Crippen molar-refractivity contribution >= 4 is 28.2 Å². The molecule has 0 radical (unpaired) electrons. The van der Waals surface area contributed by atoms with Gasteiger partial charge in [-0.15, -0.1) is 11.6 Å². The molecule has 0 N–H and O–H groups in total. The predicted octanol–water partition coefficient (Wildman–Crippen LogP) is 4.08. The van der Waals surface area contributed by atoms with Gasteiger partial charge in [-0.3, -0.25) is 0 Å². The summed E-state index contributed by atoms with van der Waals surface area (Å²) in [6, 6.07) is 10.4. The summed E-state index contributed by atoms with van der Waals surface area (Å²) in [5.74, 6) is 1.69. The Bertz CT molecular complexity index is 493. The molecule has 96 valence electrons. The summed E-state index contributed by atoms with van der Waals surface area (Å²) in [6.07, 6.45) is 4.23. The topological polar surface area (TPSA) is 16.1 Å². The van der Waals surface area contributed by atoms with E-state index in [4.69, 9.17) is 11.6 Å². The Morgan fingerprint density at radius 1 is 1.17 bits per heavy atom. The Labute approximate surface area is 114 Å². The van der Waals surface area contributed by atoms with Crippen molar-refractivity contribution < 1.29 is 0 Å². The first-order valence-electron chi connectivity index (χ1n) is 6.51. The first-order valence-corrected chi connectivity index (χ1v) is 7.05. The second kappa shape index (κ2) is 6.60. The van der Waals surface area contributed by atoms with Crippen molar-refractivity contribution in [1.29, 1.82) is 0 Å². The molecule has 0 spiro atoms. The molecule has 2 rings (SSSR count). The fourth-order valence-electron chi connectivity index (χ4n) is 2.13. The van der Waals surface area contributed by atoms with Crippen LogP contribution in [0.25, 0.3) is 10.8 Å². The van der Waals surface area contributed by atoms with Crippen LogP contribution in [0.3, 0.4) is 0 Å². The highest BCUT2D eigenvalue weighted by molar-refractivity contribution is 6.18. The summed E-state index contributed by atoms with van der Waals surface area (Å²) in [4.78, 5) is 6.84. The number of benzene rings is 1. The van der Waals surface area contributed by atoms with Crippen LogP contribution < -0.4 is 4.90 Å². The first-order chi connectivity index (χ1) is 8.86. The Kier molecular flexibility index (Phi) is 4.82. The fourth-order valence-corrected chi connectivity index (χ4v) is 2.33. The van der Waals surface area contributed by atoms with Gasteiger partial charge in [-0.1, -0.05) is 37.6 Å². The van der Waals surface area contributed by atoms with Crippen LogP contribution in [-0.2, 0) is 0 Å². The number of fused-ring (bicyclic) bond motifs is 1. The zero-order chi connectivity index (χ0) is 12.8. The second-order valence-electron chi connectivity index (χ2n) is 4.39. The van der Waals surface area contributed by atoms with E-state index in [1.54, 1.807) is 0 Å².